The van der Waals surface area contributed by atoms with Crippen LogP contribution in [0.4, 0.5) is 18.9 Å². The molecule has 180 valence electrons. The third kappa shape index (κ3) is 4.44. The summed E-state index contributed by atoms with van der Waals surface area (Å²) in [7, 11) is 2.94. The fourth-order valence-electron chi connectivity index (χ4n) is 3.94. The van der Waals surface area contributed by atoms with Gasteiger partial charge in [0.25, 0.3) is 11.7 Å². The molecular formula is C26H20F3NO5. The molecule has 9 heteroatoms. The minimum Gasteiger partial charge on any atom is -0.507 e. The molecule has 1 amide bonds. The Hall–Kier alpha value is -4.27. The number of aliphatic hydroxyl groups is 1. The fraction of sp³-hybridized carbons (Fsp3) is 0.154. The quantitative estimate of drug-likeness (QED) is 0.301. The maximum absolute atomic E-state index is 13.4. The number of carbonyl (C=O) groups is 2. The van der Waals surface area contributed by atoms with Crippen LogP contribution in [0.2, 0.25) is 0 Å². The summed E-state index contributed by atoms with van der Waals surface area (Å²) in [6, 6.07) is 15.5. The number of aliphatic hydroxyl groups excluding tert-OH is 1. The highest BCUT2D eigenvalue weighted by Gasteiger charge is 2.47. The zero-order valence-electron chi connectivity index (χ0n) is 18.7. The standard InChI is InChI=1S/C26H20F3NO5/c1-34-19-10-6-15(7-11-19)22-21(23(31)16-8-12-20(35-2)13-9-16)24(32)25(33)30(22)18-5-3-4-17(14-18)26(27,28)29/h3-14,22,31H,1-2H3/b23-21+/t22-/m1/s1. The van der Waals surface area contributed by atoms with Crippen molar-refractivity contribution in [2.24, 2.45) is 0 Å². The molecule has 0 spiro atoms. The summed E-state index contributed by atoms with van der Waals surface area (Å²) in [6.07, 6.45) is -4.65. The summed E-state index contributed by atoms with van der Waals surface area (Å²) in [5, 5.41) is 11.1. The number of hydrogen-bond donors (Lipinski definition) is 1. The smallest absolute Gasteiger partial charge is 0.416 e. The van der Waals surface area contributed by atoms with E-state index in [9.17, 15) is 27.9 Å². The average molecular weight is 483 g/mol. The number of benzene rings is 3. The van der Waals surface area contributed by atoms with Crippen LogP contribution in [0.15, 0.2) is 78.4 Å². The van der Waals surface area contributed by atoms with Crippen LogP contribution in [-0.4, -0.2) is 31.0 Å². The van der Waals surface area contributed by atoms with Gasteiger partial charge in [0.05, 0.1) is 31.4 Å². The summed E-state index contributed by atoms with van der Waals surface area (Å²) < 4.78 is 50.4. The molecule has 3 aromatic carbocycles. The van der Waals surface area contributed by atoms with Crippen molar-refractivity contribution in [3.63, 3.8) is 0 Å². The van der Waals surface area contributed by atoms with E-state index in [1.165, 1.54) is 32.4 Å². The van der Waals surface area contributed by atoms with Gasteiger partial charge in [-0.3, -0.25) is 14.5 Å². The summed E-state index contributed by atoms with van der Waals surface area (Å²) in [5.74, 6) is -1.52. The zero-order chi connectivity index (χ0) is 25.3. The molecule has 4 rings (SSSR count). The molecule has 0 unspecified atom stereocenters. The van der Waals surface area contributed by atoms with Gasteiger partial charge >= 0.3 is 6.18 Å². The van der Waals surface area contributed by atoms with Crippen LogP contribution in [0, 0.1) is 0 Å². The second-order valence-corrected chi connectivity index (χ2v) is 7.72. The van der Waals surface area contributed by atoms with Crippen molar-refractivity contribution in [1.29, 1.82) is 0 Å². The van der Waals surface area contributed by atoms with E-state index in [1.807, 2.05) is 0 Å². The van der Waals surface area contributed by atoms with Gasteiger partial charge in [-0.05, 0) is 60.2 Å². The van der Waals surface area contributed by atoms with Gasteiger partial charge in [0, 0.05) is 11.3 Å². The van der Waals surface area contributed by atoms with E-state index < -0.39 is 35.2 Å². The molecule has 35 heavy (non-hydrogen) atoms. The van der Waals surface area contributed by atoms with E-state index in [0.29, 0.717) is 17.1 Å². The van der Waals surface area contributed by atoms with Crippen molar-refractivity contribution in [2.75, 3.05) is 19.1 Å². The van der Waals surface area contributed by atoms with Crippen LogP contribution < -0.4 is 14.4 Å². The first-order chi connectivity index (χ1) is 16.7. The number of ketones is 1. The second-order valence-electron chi connectivity index (χ2n) is 7.72. The Kier molecular flexibility index (Phi) is 6.26. The number of Topliss-reactive ketones (excluding diaryl/α,β-unsaturated/α-hetero) is 1. The summed E-state index contributed by atoms with van der Waals surface area (Å²) >= 11 is 0. The summed E-state index contributed by atoms with van der Waals surface area (Å²) in [4.78, 5) is 27.2. The van der Waals surface area contributed by atoms with Crippen molar-refractivity contribution in [3.8, 4) is 11.5 Å². The van der Waals surface area contributed by atoms with Crippen molar-refractivity contribution in [3.05, 3.63) is 95.1 Å². The lowest BCUT2D eigenvalue weighted by Crippen LogP contribution is -2.29. The monoisotopic (exact) mass is 483 g/mol. The summed E-state index contributed by atoms with van der Waals surface area (Å²) in [5.41, 5.74) is -0.705. The number of amides is 1. The van der Waals surface area contributed by atoms with Gasteiger partial charge in [-0.25, -0.2) is 0 Å². The number of rotatable bonds is 5. The van der Waals surface area contributed by atoms with Crippen molar-refractivity contribution in [2.45, 2.75) is 12.2 Å². The molecule has 1 aliphatic rings. The number of alkyl halides is 3. The third-order valence-electron chi connectivity index (χ3n) is 5.69. The van der Waals surface area contributed by atoms with Gasteiger partial charge in [0.1, 0.15) is 17.3 Å². The van der Waals surface area contributed by atoms with Gasteiger partial charge in [0.15, 0.2) is 0 Å². The Morgan fingerprint density at radius 3 is 2.00 bits per heavy atom. The predicted molar refractivity (Wildman–Crippen MR) is 122 cm³/mol. The highest BCUT2D eigenvalue weighted by Crippen LogP contribution is 2.43. The Morgan fingerprint density at radius 2 is 1.46 bits per heavy atom. The lowest BCUT2D eigenvalue weighted by atomic mass is 9.95. The van der Waals surface area contributed by atoms with Crippen LogP contribution >= 0.6 is 0 Å². The maximum atomic E-state index is 13.4. The van der Waals surface area contributed by atoms with E-state index in [1.54, 1.807) is 36.4 Å². The zero-order valence-corrected chi connectivity index (χ0v) is 18.7. The number of hydrogen-bond acceptors (Lipinski definition) is 5. The minimum atomic E-state index is -4.65. The van der Waals surface area contributed by atoms with Crippen molar-refractivity contribution in [1.82, 2.24) is 0 Å². The molecule has 0 aromatic heterocycles. The Labute approximate surface area is 198 Å². The van der Waals surface area contributed by atoms with E-state index in [-0.39, 0.29) is 16.8 Å². The first-order valence-corrected chi connectivity index (χ1v) is 10.4. The molecule has 3 aromatic rings. The van der Waals surface area contributed by atoms with Crippen LogP contribution in [0.3, 0.4) is 0 Å². The molecule has 6 nitrogen and oxygen atoms in total. The van der Waals surface area contributed by atoms with E-state index in [4.69, 9.17) is 9.47 Å². The number of halogens is 3. The average Bonchev–Trinajstić information content (AvgIpc) is 3.13. The Balaban J connectivity index is 1.92. The fourth-order valence-corrected chi connectivity index (χ4v) is 3.94. The van der Waals surface area contributed by atoms with E-state index in [2.05, 4.69) is 0 Å². The second kappa shape index (κ2) is 9.17. The van der Waals surface area contributed by atoms with Gasteiger partial charge < -0.3 is 14.6 Å². The molecule has 0 aliphatic carbocycles. The van der Waals surface area contributed by atoms with E-state index >= 15 is 0 Å². The molecule has 1 saturated heterocycles. The van der Waals surface area contributed by atoms with Crippen LogP contribution in [0.1, 0.15) is 22.7 Å². The molecule has 0 bridgehead atoms. The predicted octanol–water partition coefficient (Wildman–Crippen LogP) is 5.35. The molecule has 1 fully saturated rings. The lowest BCUT2D eigenvalue weighted by molar-refractivity contribution is -0.137. The topological polar surface area (TPSA) is 76.1 Å². The number of ether oxygens (including phenoxy) is 2. The SMILES string of the molecule is COc1ccc(/C(O)=C2\C(=O)C(=O)N(c3cccc(C(F)(F)F)c3)[C@@H]2c2ccc(OC)cc2)cc1. The third-order valence-corrected chi connectivity index (χ3v) is 5.69. The van der Waals surface area contributed by atoms with Gasteiger partial charge in [-0.2, -0.15) is 13.2 Å². The number of methoxy groups -OCH3 is 2. The van der Waals surface area contributed by atoms with Crippen molar-refractivity contribution < 1.29 is 37.3 Å². The molecular weight excluding hydrogens is 463 g/mol. The Morgan fingerprint density at radius 1 is 0.886 bits per heavy atom. The molecule has 1 atom stereocenters. The first kappa shape index (κ1) is 23.9. The molecule has 1 heterocycles. The van der Waals surface area contributed by atoms with Crippen LogP contribution in [0.25, 0.3) is 5.76 Å². The highest BCUT2D eigenvalue weighted by atomic mass is 19.4. The molecule has 0 saturated carbocycles. The van der Waals surface area contributed by atoms with E-state index in [0.717, 1.165) is 23.1 Å². The maximum Gasteiger partial charge on any atom is 0.416 e. The van der Waals surface area contributed by atoms with Crippen LogP contribution in [0.5, 0.6) is 11.5 Å². The largest absolute Gasteiger partial charge is 0.507 e. The minimum absolute atomic E-state index is 0.128. The van der Waals surface area contributed by atoms with Crippen molar-refractivity contribution >= 4 is 23.1 Å². The molecule has 1 aliphatic heterocycles. The lowest BCUT2D eigenvalue weighted by Gasteiger charge is -2.26. The van der Waals surface area contributed by atoms with Gasteiger partial charge in [-0.15, -0.1) is 0 Å². The first-order valence-electron chi connectivity index (χ1n) is 10.4. The van der Waals surface area contributed by atoms with Gasteiger partial charge in [0.2, 0.25) is 0 Å². The number of nitrogens with zero attached hydrogens (tertiary/aromatic N) is 1. The number of anilines is 1. The summed E-state index contributed by atoms with van der Waals surface area (Å²) in [6.45, 7) is 0. The Bertz CT molecular complexity index is 1300. The normalized spacial score (nSPS) is 17.5. The van der Waals surface area contributed by atoms with Crippen LogP contribution in [-0.2, 0) is 15.8 Å². The highest BCUT2D eigenvalue weighted by molar-refractivity contribution is 6.51. The molecule has 0 radical (unpaired) electrons. The van der Waals surface area contributed by atoms with Gasteiger partial charge in [-0.1, -0.05) is 18.2 Å². The number of carbonyl (C=O) groups excluding carboxylic acids is 2. The molecule has 1 N–H and O–H groups in total.